The van der Waals surface area contributed by atoms with Crippen molar-refractivity contribution >= 4 is 29.3 Å². The van der Waals surface area contributed by atoms with E-state index in [1.807, 2.05) is 34.6 Å². The van der Waals surface area contributed by atoms with Crippen LogP contribution in [-0.4, -0.2) is 47.3 Å². The molecule has 1 aliphatic heterocycles. The predicted molar refractivity (Wildman–Crippen MR) is 110 cm³/mol. The van der Waals surface area contributed by atoms with Crippen molar-refractivity contribution in [2.45, 2.75) is 60.8 Å². The monoisotopic (exact) mass is 406 g/mol. The molecule has 0 aromatic heterocycles. The first kappa shape index (κ1) is 24.7. The Hall–Kier alpha value is -2.31. The molecule has 0 saturated heterocycles. The molecule has 0 spiro atoms. The molecule has 0 unspecified atom stereocenters. The third kappa shape index (κ3) is 7.55. The van der Waals surface area contributed by atoms with E-state index >= 15 is 0 Å². The van der Waals surface area contributed by atoms with Crippen molar-refractivity contribution in [2.75, 3.05) is 13.1 Å². The van der Waals surface area contributed by atoms with Gasteiger partial charge in [0.2, 0.25) is 5.91 Å². The number of ketones is 2. The number of nitrogens with zero attached hydrogens (tertiary/aromatic N) is 1. The smallest absolute Gasteiger partial charge is 0.253 e. The van der Waals surface area contributed by atoms with Gasteiger partial charge in [0.05, 0.1) is 0 Å². The van der Waals surface area contributed by atoms with Gasteiger partial charge in [-0.3, -0.25) is 28.9 Å². The SMILES string of the molecule is CC(C)[C@@H](CC(=O)[C@@H](C)CC(=O)C(C)(C)C)C(=O)NCCCN1C(=O)C=CC1=O. The third-order valence-corrected chi connectivity index (χ3v) is 5.20. The van der Waals surface area contributed by atoms with Crippen LogP contribution < -0.4 is 5.32 Å². The molecular formula is C22H34N2O5. The summed E-state index contributed by atoms with van der Waals surface area (Å²) < 4.78 is 0. The molecular weight excluding hydrogens is 372 g/mol. The summed E-state index contributed by atoms with van der Waals surface area (Å²) in [5, 5.41) is 2.80. The normalized spacial score (nSPS) is 16.3. The van der Waals surface area contributed by atoms with Crippen molar-refractivity contribution in [3.8, 4) is 0 Å². The Labute approximate surface area is 173 Å². The standard InChI is InChI=1S/C22H34N2O5/c1-14(2)16(13-17(25)15(3)12-18(26)22(4,5)6)21(29)23-10-7-11-24-19(27)8-9-20(24)28/h8-9,14-16H,7,10-13H2,1-6H3,(H,23,29)/t15-,16+/m0/s1. The molecule has 0 aromatic carbocycles. The van der Waals surface area contributed by atoms with E-state index in [-0.39, 0.29) is 54.6 Å². The molecule has 0 aliphatic carbocycles. The van der Waals surface area contributed by atoms with Gasteiger partial charge in [0.1, 0.15) is 11.6 Å². The zero-order valence-corrected chi connectivity index (χ0v) is 18.4. The van der Waals surface area contributed by atoms with Crippen molar-refractivity contribution in [1.29, 1.82) is 0 Å². The molecule has 1 N–H and O–H groups in total. The van der Waals surface area contributed by atoms with Crippen molar-refractivity contribution < 1.29 is 24.0 Å². The second kappa shape index (κ2) is 10.5. The number of imide groups is 1. The molecule has 7 nitrogen and oxygen atoms in total. The fraction of sp³-hybridized carbons (Fsp3) is 0.682. The number of amides is 3. The Balaban J connectivity index is 2.51. The van der Waals surface area contributed by atoms with Crippen LogP contribution in [0.15, 0.2) is 12.2 Å². The van der Waals surface area contributed by atoms with Gasteiger partial charge < -0.3 is 5.32 Å². The molecule has 7 heteroatoms. The van der Waals surface area contributed by atoms with Crippen molar-refractivity contribution in [1.82, 2.24) is 10.2 Å². The Bertz CT molecular complexity index is 670. The van der Waals surface area contributed by atoms with Crippen LogP contribution in [0.2, 0.25) is 0 Å². The van der Waals surface area contributed by atoms with Crippen LogP contribution in [0.1, 0.15) is 60.8 Å². The van der Waals surface area contributed by atoms with Crippen LogP contribution in [-0.2, 0) is 24.0 Å². The van der Waals surface area contributed by atoms with E-state index in [1.165, 1.54) is 12.2 Å². The molecule has 162 valence electrons. The molecule has 1 aliphatic rings. The molecule has 0 saturated carbocycles. The quantitative estimate of drug-likeness (QED) is 0.419. The van der Waals surface area contributed by atoms with E-state index in [4.69, 9.17) is 0 Å². The second-order valence-electron chi connectivity index (χ2n) is 9.11. The van der Waals surface area contributed by atoms with Gasteiger partial charge in [0.15, 0.2) is 0 Å². The molecule has 0 fully saturated rings. The van der Waals surface area contributed by atoms with E-state index < -0.39 is 17.3 Å². The second-order valence-corrected chi connectivity index (χ2v) is 9.11. The van der Waals surface area contributed by atoms with Crippen LogP contribution >= 0.6 is 0 Å². The maximum absolute atomic E-state index is 12.6. The van der Waals surface area contributed by atoms with Crippen LogP contribution in [0.4, 0.5) is 0 Å². The molecule has 29 heavy (non-hydrogen) atoms. The summed E-state index contributed by atoms with van der Waals surface area (Å²) in [6, 6.07) is 0. The van der Waals surface area contributed by atoms with Gasteiger partial charge in [-0.1, -0.05) is 41.5 Å². The van der Waals surface area contributed by atoms with Gasteiger partial charge in [0.25, 0.3) is 11.8 Å². The summed E-state index contributed by atoms with van der Waals surface area (Å²) in [6.45, 7) is 11.5. The van der Waals surface area contributed by atoms with Gasteiger partial charge >= 0.3 is 0 Å². The summed E-state index contributed by atoms with van der Waals surface area (Å²) in [5.41, 5.74) is -0.489. The maximum Gasteiger partial charge on any atom is 0.253 e. The topological polar surface area (TPSA) is 101 Å². The molecule has 1 heterocycles. The lowest BCUT2D eigenvalue weighted by molar-refractivity contribution is -0.136. The zero-order valence-electron chi connectivity index (χ0n) is 18.4. The minimum absolute atomic E-state index is 0.0318. The highest BCUT2D eigenvalue weighted by molar-refractivity contribution is 6.12. The molecule has 3 amide bonds. The number of hydrogen-bond acceptors (Lipinski definition) is 5. The van der Waals surface area contributed by atoms with Crippen LogP contribution in [0.5, 0.6) is 0 Å². The van der Waals surface area contributed by atoms with Gasteiger partial charge in [-0.2, -0.15) is 0 Å². The Kier molecular flexibility index (Phi) is 8.92. The molecule has 2 atom stereocenters. The van der Waals surface area contributed by atoms with Gasteiger partial charge in [-0.05, 0) is 12.3 Å². The minimum Gasteiger partial charge on any atom is -0.356 e. The number of rotatable bonds is 11. The largest absolute Gasteiger partial charge is 0.356 e. The summed E-state index contributed by atoms with van der Waals surface area (Å²) >= 11 is 0. The van der Waals surface area contributed by atoms with Crippen molar-refractivity contribution in [2.24, 2.45) is 23.2 Å². The lowest BCUT2D eigenvalue weighted by atomic mass is 9.81. The first-order valence-electron chi connectivity index (χ1n) is 10.2. The van der Waals surface area contributed by atoms with E-state index in [0.717, 1.165) is 4.90 Å². The van der Waals surface area contributed by atoms with Crippen LogP contribution in [0.3, 0.4) is 0 Å². The molecule has 0 bridgehead atoms. The van der Waals surface area contributed by atoms with E-state index in [1.54, 1.807) is 6.92 Å². The highest BCUT2D eigenvalue weighted by Crippen LogP contribution is 2.23. The lowest BCUT2D eigenvalue weighted by Gasteiger charge is -2.23. The van der Waals surface area contributed by atoms with E-state index in [9.17, 15) is 24.0 Å². The average molecular weight is 407 g/mol. The first-order chi connectivity index (χ1) is 13.3. The van der Waals surface area contributed by atoms with E-state index in [0.29, 0.717) is 13.0 Å². The fourth-order valence-corrected chi connectivity index (χ4v) is 2.98. The van der Waals surface area contributed by atoms with Gasteiger partial charge in [-0.15, -0.1) is 0 Å². The Morgan fingerprint density at radius 3 is 2.03 bits per heavy atom. The molecule has 1 rings (SSSR count). The lowest BCUT2D eigenvalue weighted by Crippen LogP contribution is -2.38. The number of hydrogen-bond donors (Lipinski definition) is 1. The summed E-state index contributed by atoms with van der Waals surface area (Å²) in [4.78, 5) is 61.4. The highest BCUT2D eigenvalue weighted by Gasteiger charge is 2.30. The minimum atomic E-state index is -0.489. The van der Waals surface area contributed by atoms with Gasteiger partial charge in [0, 0.05) is 55.3 Å². The summed E-state index contributed by atoms with van der Waals surface area (Å²) in [7, 11) is 0. The number of carbonyl (C=O) groups is 5. The Morgan fingerprint density at radius 1 is 1.00 bits per heavy atom. The first-order valence-corrected chi connectivity index (χ1v) is 10.2. The predicted octanol–water partition coefficient (Wildman–Crippen LogP) is 2.29. The van der Waals surface area contributed by atoms with Crippen LogP contribution in [0.25, 0.3) is 0 Å². The highest BCUT2D eigenvalue weighted by atomic mass is 16.2. The maximum atomic E-state index is 12.6. The average Bonchev–Trinajstić information content (AvgIpc) is 2.93. The number of nitrogens with one attached hydrogen (secondary N) is 1. The Morgan fingerprint density at radius 2 is 1.55 bits per heavy atom. The van der Waals surface area contributed by atoms with E-state index in [2.05, 4.69) is 5.32 Å². The molecule has 0 aromatic rings. The third-order valence-electron chi connectivity index (χ3n) is 5.20. The van der Waals surface area contributed by atoms with Crippen molar-refractivity contribution in [3.05, 3.63) is 12.2 Å². The summed E-state index contributed by atoms with van der Waals surface area (Å²) in [6.07, 6.45) is 3.18. The number of carbonyl (C=O) groups excluding carboxylic acids is 5. The zero-order chi connectivity index (χ0) is 22.4. The number of Topliss-reactive ketones (excluding diaryl/α,β-unsaturated/α-hetero) is 2. The summed E-state index contributed by atoms with van der Waals surface area (Å²) in [5.74, 6) is -1.89. The van der Waals surface area contributed by atoms with Crippen LogP contribution in [0, 0.1) is 23.2 Å². The van der Waals surface area contributed by atoms with Crippen molar-refractivity contribution in [3.63, 3.8) is 0 Å². The molecule has 0 radical (unpaired) electrons. The fourth-order valence-electron chi connectivity index (χ4n) is 2.98. The van der Waals surface area contributed by atoms with Gasteiger partial charge in [-0.25, -0.2) is 0 Å².